The molecule has 0 aliphatic carbocycles. The number of hydrogen-bond donors (Lipinski definition) is 3. The Balaban J connectivity index is 2.19. The van der Waals surface area contributed by atoms with E-state index in [9.17, 15) is 14.3 Å². The molecule has 0 spiro atoms. The molecule has 2 rings (SSSR count). The van der Waals surface area contributed by atoms with E-state index in [2.05, 4.69) is 5.32 Å². The summed E-state index contributed by atoms with van der Waals surface area (Å²) in [4.78, 5) is 11.0. The van der Waals surface area contributed by atoms with Crippen LogP contribution >= 0.6 is 0 Å². The fourth-order valence-electron chi connectivity index (χ4n) is 1.99. The van der Waals surface area contributed by atoms with Gasteiger partial charge in [-0.1, -0.05) is 6.07 Å². The fraction of sp³-hybridized carbons (Fsp3) is 0.133. The van der Waals surface area contributed by atoms with Crippen molar-refractivity contribution in [3.63, 3.8) is 0 Å². The van der Waals surface area contributed by atoms with E-state index in [0.29, 0.717) is 16.8 Å². The first-order chi connectivity index (χ1) is 9.47. The van der Waals surface area contributed by atoms with E-state index < -0.39 is 11.8 Å². The van der Waals surface area contributed by atoms with Gasteiger partial charge in [-0.2, -0.15) is 0 Å². The van der Waals surface area contributed by atoms with Gasteiger partial charge in [-0.05, 0) is 42.3 Å². The summed E-state index contributed by atoms with van der Waals surface area (Å²) in [6.07, 6.45) is 0. The molecule has 20 heavy (non-hydrogen) atoms. The van der Waals surface area contributed by atoms with Gasteiger partial charge in [0.05, 0.1) is 5.56 Å². The van der Waals surface area contributed by atoms with Crippen LogP contribution in [-0.2, 0) is 6.54 Å². The molecule has 0 aromatic heterocycles. The summed E-state index contributed by atoms with van der Waals surface area (Å²) < 4.78 is 13.1. The average Bonchev–Trinajstić information content (AvgIpc) is 2.36. The van der Waals surface area contributed by atoms with E-state index in [1.807, 2.05) is 0 Å². The van der Waals surface area contributed by atoms with Crippen LogP contribution < -0.4 is 5.32 Å². The van der Waals surface area contributed by atoms with E-state index in [1.54, 1.807) is 19.1 Å². The minimum Gasteiger partial charge on any atom is -0.508 e. The number of carboxylic acids is 1. The highest BCUT2D eigenvalue weighted by Gasteiger charge is 2.09. The first kappa shape index (κ1) is 13.9. The number of phenols is 1. The lowest BCUT2D eigenvalue weighted by atomic mass is 10.1. The zero-order chi connectivity index (χ0) is 14.7. The van der Waals surface area contributed by atoms with Crippen LogP contribution in [0.15, 0.2) is 36.4 Å². The van der Waals surface area contributed by atoms with Crippen LogP contribution in [0, 0.1) is 12.7 Å². The van der Waals surface area contributed by atoms with E-state index in [4.69, 9.17) is 5.11 Å². The lowest BCUT2D eigenvalue weighted by Crippen LogP contribution is -2.05. The van der Waals surface area contributed by atoms with Crippen molar-refractivity contribution in [3.8, 4) is 5.75 Å². The van der Waals surface area contributed by atoms with Gasteiger partial charge < -0.3 is 15.5 Å². The van der Waals surface area contributed by atoms with Crippen molar-refractivity contribution in [2.45, 2.75) is 13.5 Å². The molecular formula is C15H14FNO3. The number of halogens is 1. The summed E-state index contributed by atoms with van der Waals surface area (Å²) in [5, 5.41) is 21.4. The van der Waals surface area contributed by atoms with Crippen molar-refractivity contribution in [1.29, 1.82) is 0 Å². The molecule has 0 bridgehead atoms. The molecule has 0 amide bonds. The normalized spacial score (nSPS) is 10.3. The molecule has 0 unspecified atom stereocenters. The molecule has 104 valence electrons. The minimum atomic E-state index is -0.991. The summed E-state index contributed by atoms with van der Waals surface area (Å²) in [5.41, 5.74) is 2.06. The van der Waals surface area contributed by atoms with Gasteiger partial charge in [0, 0.05) is 18.3 Å². The number of carboxylic acid groups (broad SMARTS) is 1. The van der Waals surface area contributed by atoms with Crippen molar-refractivity contribution in [2.24, 2.45) is 0 Å². The maximum absolute atomic E-state index is 13.1. The smallest absolute Gasteiger partial charge is 0.336 e. The molecule has 4 nitrogen and oxygen atoms in total. The Labute approximate surface area is 115 Å². The Kier molecular flexibility index (Phi) is 3.89. The van der Waals surface area contributed by atoms with Crippen LogP contribution in [0.5, 0.6) is 5.75 Å². The molecule has 2 aromatic rings. The number of aromatic hydroxyl groups is 1. The van der Waals surface area contributed by atoms with Crippen molar-refractivity contribution in [2.75, 3.05) is 5.32 Å². The van der Waals surface area contributed by atoms with E-state index in [-0.39, 0.29) is 17.9 Å². The molecule has 0 atom stereocenters. The van der Waals surface area contributed by atoms with Crippen molar-refractivity contribution in [1.82, 2.24) is 0 Å². The van der Waals surface area contributed by atoms with E-state index in [0.717, 1.165) is 6.07 Å². The van der Waals surface area contributed by atoms with Gasteiger partial charge in [0.1, 0.15) is 11.6 Å². The minimum absolute atomic E-state index is 0.141. The molecule has 0 aliphatic rings. The third kappa shape index (κ3) is 3.06. The van der Waals surface area contributed by atoms with Crippen molar-refractivity contribution >= 4 is 11.7 Å². The van der Waals surface area contributed by atoms with E-state index in [1.165, 1.54) is 18.2 Å². The van der Waals surface area contributed by atoms with Crippen molar-refractivity contribution < 1.29 is 19.4 Å². The number of hydrogen-bond acceptors (Lipinski definition) is 3. The Morgan fingerprint density at radius 3 is 2.70 bits per heavy atom. The zero-order valence-electron chi connectivity index (χ0n) is 10.9. The Hall–Kier alpha value is -2.56. The van der Waals surface area contributed by atoms with Gasteiger partial charge in [0.15, 0.2) is 0 Å². The maximum Gasteiger partial charge on any atom is 0.336 e. The fourth-order valence-corrected chi connectivity index (χ4v) is 1.99. The van der Waals surface area contributed by atoms with Crippen LogP contribution in [0.3, 0.4) is 0 Å². The average molecular weight is 275 g/mol. The van der Waals surface area contributed by atoms with Gasteiger partial charge in [-0.15, -0.1) is 0 Å². The predicted octanol–water partition coefficient (Wildman–Crippen LogP) is 3.15. The Morgan fingerprint density at radius 1 is 1.30 bits per heavy atom. The number of benzene rings is 2. The third-order valence-electron chi connectivity index (χ3n) is 2.99. The molecule has 0 saturated heterocycles. The highest BCUT2D eigenvalue weighted by Crippen LogP contribution is 2.21. The van der Waals surface area contributed by atoms with Gasteiger partial charge in [0.2, 0.25) is 0 Å². The topological polar surface area (TPSA) is 69.6 Å². The lowest BCUT2D eigenvalue weighted by Gasteiger charge is -2.11. The quantitative estimate of drug-likeness (QED) is 0.801. The molecule has 0 radical (unpaired) electrons. The molecular weight excluding hydrogens is 261 g/mol. The first-order valence-electron chi connectivity index (χ1n) is 6.02. The molecule has 0 saturated carbocycles. The van der Waals surface area contributed by atoms with Crippen LogP contribution in [-0.4, -0.2) is 16.2 Å². The maximum atomic E-state index is 13.1. The largest absolute Gasteiger partial charge is 0.508 e. The van der Waals surface area contributed by atoms with Crippen molar-refractivity contribution in [3.05, 3.63) is 58.9 Å². The Morgan fingerprint density at radius 2 is 2.05 bits per heavy atom. The number of carbonyl (C=O) groups is 1. The van der Waals surface area contributed by atoms with Crippen LogP contribution in [0.4, 0.5) is 10.1 Å². The van der Waals surface area contributed by atoms with Gasteiger partial charge >= 0.3 is 5.97 Å². The number of nitrogens with one attached hydrogen (secondary N) is 1. The second-order valence-electron chi connectivity index (χ2n) is 4.45. The first-order valence-corrected chi connectivity index (χ1v) is 6.02. The summed E-state index contributed by atoms with van der Waals surface area (Å²) in [6, 6.07) is 8.70. The standard InChI is InChI=1S/C15H14FNO3/c1-9-13(15(19)20)3-2-4-14(9)17-8-10-5-11(16)7-12(18)6-10/h2-7,17-18H,8H2,1H3,(H,19,20). The third-order valence-corrected chi connectivity index (χ3v) is 2.99. The zero-order valence-corrected chi connectivity index (χ0v) is 10.9. The number of rotatable bonds is 4. The SMILES string of the molecule is Cc1c(NCc2cc(O)cc(F)c2)cccc1C(=O)O. The van der Waals surface area contributed by atoms with Gasteiger partial charge in [-0.3, -0.25) is 0 Å². The Bertz CT molecular complexity index is 635. The molecule has 2 aromatic carbocycles. The summed E-state index contributed by atoms with van der Waals surface area (Å²) in [5.74, 6) is -1.65. The molecule has 0 aliphatic heterocycles. The van der Waals surface area contributed by atoms with Crippen LogP contribution in [0.2, 0.25) is 0 Å². The van der Waals surface area contributed by atoms with Gasteiger partial charge in [-0.25, -0.2) is 9.18 Å². The monoisotopic (exact) mass is 275 g/mol. The second-order valence-corrected chi connectivity index (χ2v) is 4.45. The predicted molar refractivity (Wildman–Crippen MR) is 73.5 cm³/mol. The summed E-state index contributed by atoms with van der Waals surface area (Å²) >= 11 is 0. The summed E-state index contributed by atoms with van der Waals surface area (Å²) in [6.45, 7) is 1.99. The van der Waals surface area contributed by atoms with Gasteiger partial charge in [0.25, 0.3) is 0 Å². The lowest BCUT2D eigenvalue weighted by molar-refractivity contribution is 0.0696. The second kappa shape index (κ2) is 5.61. The highest BCUT2D eigenvalue weighted by molar-refractivity contribution is 5.91. The number of phenolic OH excluding ortho intramolecular Hbond substituents is 1. The van der Waals surface area contributed by atoms with Crippen LogP contribution in [0.1, 0.15) is 21.5 Å². The summed E-state index contributed by atoms with van der Waals surface area (Å²) in [7, 11) is 0. The van der Waals surface area contributed by atoms with Crippen LogP contribution in [0.25, 0.3) is 0 Å². The van der Waals surface area contributed by atoms with E-state index >= 15 is 0 Å². The number of anilines is 1. The molecule has 0 fully saturated rings. The molecule has 0 heterocycles. The molecule has 3 N–H and O–H groups in total. The number of aromatic carboxylic acids is 1. The molecule has 5 heteroatoms. The highest BCUT2D eigenvalue weighted by atomic mass is 19.1.